The second-order valence-corrected chi connectivity index (χ2v) is 6.84. The van der Waals surface area contributed by atoms with Gasteiger partial charge in [-0.25, -0.2) is 4.98 Å². The number of Topliss-reactive ketones (excluding diaryl/α,β-unsaturated/α-hetero) is 1. The third kappa shape index (κ3) is 3.86. The van der Waals surface area contributed by atoms with Crippen molar-refractivity contribution in [3.63, 3.8) is 0 Å². The average Bonchev–Trinajstić information content (AvgIpc) is 3.36. The largest absolute Gasteiger partial charge is 0.497 e. The molecule has 0 fully saturated rings. The van der Waals surface area contributed by atoms with E-state index in [0.29, 0.717) is 22.7 Å². The van der Waals surface area contributed by atoms with Crippen molar-refractivity contribution in [2.24, 2.45) is 0 Å². The van der Waals surface area contributed by atoms with Crippen LogP contribution in [0.5, 0.6) is 5.75 Å². The number of rotatable bonds is 6. The maximum absolute atomic E-state index is 12.9. The second kappa shape index (κ2) is 7.81. The quantitative estimate of drug-likeness (QED) is 0.374. The number of H-pyrrole nitrogens is 1. The molecule has 0 aliphatic heterocycles. The van der Waals surface area contributed by atoms with Crippen molar-refractivity contribution in [1.29, 1.82) is 0 Å². The number of aromatic nitrogens is 3. The minimum absolute atomic E-state index is 0.214. The number of carbonyl (C=O) groups is 2. The van der Waals surface area contributed by atoms with Crippen LogP contribution in [0, 0.1) is 0 Å². The van der Waals surface area contributed by atoms with E-state index in [0.717, 1.165) is 11.1 Å². The van der Waals surface area contributed by atoms with Gasteiger partial charge in [-0.15, -0.1) is 0 Å². The monoisotopic (exact) mass is 408 g/mol. The fraction of sp³-hybridized carbons (Fsp3) is 0.0952. The number of halogens is 1. The van der Waals surface area contributed by atoms with Gasteiger partial charge in [0.1, 0.15) is 5.75 Å². The molecule has 2 aromatic heterocycles. The van der Waals surface area contributed by atoms with Crippen molar-refractivity contribution in [3.8, 4) is 5.75 Å². The summed E-state index contributed by atoms with van der Waals surface area (Å²) in [6.07, 6.45) is 4.73. The molecule has 0 radical (unpaired) electrons. The predicted molar refractivity (Wildman–Crippen MR) is 111 cm³/mol. The molecule has 0 saturated heterocycles. The van der Waals surface area contributed by atoms with Gasteiger partial charge in [0.2, 0.25) is 5.95 Å². The van der Waals surface area contributed by atoms with Gasteiger partial charge in [0.15, 0.2) is 0 Å². The average molecular weight is 409 g/mol. The lowest BCUT2D eigenvalue weighted by atomic mass is 10.1. The normalized spacial score (nSPS) is 10.8. The summed E-state index contributed by atoms with van der Waals surface area (Å²) in [5.41, 5.74) is 2.12. The van der Waals surface area contributed by atoms with E-state index in [-0.39, 0.29) is 11.5 Å². The molecular weight excluding hydrogens is 392 g/mol. The second-order valence-electron chi connectivity index (χ2n) is 6.40. The summed E-state index contributed by atoms with van der Waals surface area (Å²) >= 11 is 5.96. The number of fused-ring (bicyclic) bond motifs is 1. The number of nitrogens with one attached hydrogen (secondary N) is 2. The number of benzene rings is 2. The Labute approximate surface area is 171 Å². The van der Waals surface area contributed by atoms with Gasteiger partial charge in [-0.2, -0.15) is 0 Å². The Bertz CT molecular complexity index is 1180. The van der Waals surface area contributed by atoms with Gasteiger partial charge in [-0.1, -0.05) is 23.7 Å². The van der Waals surface area contributed by atoms with Crippen LogP contribution >= 0.6 is 11.6 Å². The lowest BCUT2D eigenvalue weighted by Crippen LogP contribution is -2.23. The van der Waals surface area contributed by atoms with Crippen LogP contribution in [-0.4, -0.2) is 33.3 Å². The van der Waals surface area contributed by atoms with Crippen molar-refractivity contribution < 1.29 is 14.3 Å². The smallest absolute Gasteiger partial charge is 0.299 e. The summed E-state index contributed by atoms with van der Waals surface area (Å²) in [4.78, 5) is 32.0. The van der Waals surface area contributed by atoms with Crippen molar-refractivity contribution in [2.45, 2.75) is 6.54 Å². The maximum atomic E-state index is 12.9. The topological polar surface area (TPSA) is 89.0 Å². The van der Waals surface area contributed by atoms with E-state index in [9.17, 15) is 9.59 Å². The van der Waals surface area contributed by atoms with Gasteiger partial charge < -0.3 is 14.3 Å². The molecule has 0 bridgehead atoms. The summed E-state index contributed by atoms with van der Waals surface area (Å²) in [6, 6.07) is 12.9. The van der Waals surface area contributed by atoms with Crippen LogP contribution < -0.4 is 10.1 Å². The van der Waals surface area contributed by atoms with Crippen LogP contribution in [-0.2, 0) is 11.3 Å². The number of anilines is 1. The minimum Gasteiger partial charge on any atom is -0.497 e. The molecule has 0 aliphatic carbocycles. The van der Waals surface area contributed by atoms with E-state index in [1.807, 2.05) is 41.0 Å². The molecule has 0 saturated carbocycles. The molecule has 7 nitrogen and oxygen atoms in total. The van der Waals surface area contributed by atoms with E-state index in [1.165, 1.54) is 6.20 Å². The molecule has 8 heteroatoms. The van der Waals surface area contributed by atoms with Crippen LogP contribution in [0.2, 0.25) is 5.02 Å². The first-order chi connectivity index (χ1) is 14.0. The van der Waals surface area contributed by atoms with Crippen molar-refractivity contribution in [3.05, 3.63) is 77.2 Å². The predicted octanol–water partition coefficient (Wildman–Crippen LogP) is 3.90. The van der Waals surface area contributed by atoms with E-state index in [2.05, 4.69) is 15.3 Å². The Kier molecular flexibility index (Phi) is 5.05. The van der Waals surface area contributed by atoms with Gasteiger partial charge in [0, 0.05) is 41.1 Å². The van der Waals surface area contributed by atoms with Crippen LogP contribution in [0.1, 0.15) is 15.9 Å². The summed E-state index contributed by atoms with van der Waals surface area (Å²) in [7, 11) is 1.55. The number of hydrogen-bond acceptors (Lipinski definition) is 4. The first-order valence-corrected chi connectivity index (χ1v) is 9.19. The Morgan fingerprint density at radius 2 is 2.00 bits per heavy atom. The Morgan fingerprint density at radius 1 is 1.21 bits per heavy atom. The zero-order valence-electron chi connectivity index (χ0n) is 15.5. The number of methoxy groups -OCH3 is 1. The minimum atomic E-state index is -0.770. The molecule has 29 heavy (non-hydrogen) atoms. The summed E-state index contributed by atoms with van der Waals surface area (Å²) < 4.78 is 7.21. The Morgan fingerprint density at radius 3 is 2.69 bits per heavy atom. The Balaban J connectivity index is 1.73. The van der Waals surface area contributed by atoms with Crippen LogP contribution in [0.15, 0.2) is 61.1 Å². The highest BCUT2D eigenvalue weighted by Gasteiger charge is 2.23. The first-order valence-electron chi connectivity index (χ1n) is 8.81. The molecule has 4 aromatic rings. The first kappa shape index (κ1) is 18.8. The van der Waals surface area contributed by atoms with Gasteiger partial charge >= 0.3 is 0 Å². The lowest BCUT2D eigenvalue weighted by molar-refractivity contribution is -0.112. The highest BCUT2D eigenvalue weighted by atomic mass is 35.5. The van der Waals surface area contributed by atoms with Gasteiger partial charge in [0.05, 0.1) is 12.7 Å². The molecule has 2 heterocycles. The number of ketones is 1. The fourth-order valence-electron chi connectivity index (χ4n) is 3.12. The molecule has 0 atom stereocenters. The van der Waals surface area contributed by atoms with E-state index < -0.39 is 11.7 Å². The number of carbonyl (C=O) groups excluding carboxylic acids is 2. The molecule has 4 rings (SSSR count). The molecule has 1 amide bonds. The molecule has 146 valence electrons. The van der Waals surface area contributed by atoms with Gasteiger partial charge in [-0.05, 0) is 35.9 Å². The molecule has 0 spiro atoms. The third-order valence-corrected chi connectivity index (χ3v) is 4.79. The molecular formula is C21H17ClN4O3. The standard InChI is InChI=1S/C21H17ClN4O3/c1-29-15-6-7-18-16(10-15)17(19(27)20(28)25-21-23-8-9-24-21)12-26(18)11-13-2-4-14(22)5-3-13/h2-10,12H,11H2,1H3,(H2,23,24,25,28). The Hall–Kier alpha value is -3.58. The fourth-order valence-corrected chi connectivity index (χ4v) is 3.25. The van der Waals surface area contributed by atoms with E-state index in [1.54, 1.807) is 25.6 Å². The number of aromatic amines is 1. The number of amides is 1. The van der Waals surface area contributed by atoms with E-state index >= 15 is 0 Å². The highest BCUT2D eigenvalue weighted by Crippen LogP contribution is 2.27. The van der Waals surface area contributed by atoms with Crippen LogP contribution in [0.3, 0.4) is 0 Å². The molecule has 2 N–H and O–H groups in total. The van der Waals surface area contributed by atoms with Crippen LogP contribution in [0.25, 0.3) is 10.9 Å². The zero-order chi connectivity index (χ0) is 20.4. The van der Waals surface area contributed by atoms with Crippen molar-refractivity contribution in [2.75, 3.05) is 12.4 Å². The maximum Gasteiger partial charge on any atom is 0.299 e. The van der Waals surface area contributed by atoms with E-state index in [4.69, 9.17) is 16.3 Å². The summed E-state index contributed by atoms with van der Waals surface area (Å²) in [5, 5.41) is 3.76. The third-order valence-electron chi connectivity index (χ3n) is 4.54. The molecule has 2 aromatic carbocycles. The number of hydrogen-bond donors (Lipinski definition) is 2. The number of ether oxygens (including phenoxy) is 1. The summed E-state index contributed by atoms with van der Waals surface area (Å²) in [5.74, 6) is -0.615. The lowest BCUT2D eigenvalue weighted by Gasteiger charge is -2.06. The van der Waals surface area contributed by atoms with Crippen molar-refractivity contribution >= 4 is 40.1 Å². The van der Waals surface area contributed by atoms with Crippen LogP contribution in [0.4, 0.5) is 5.95 Å². The SMILES string of the molecule is COc1ccc2c(c1)c(C(=O)C(=O)Nc1ncc[nH]1)cn2Cc1ccc(Cl)cc1. The number of nitrogens with zero attached hydrogens (tertiary/aromatic N) is 2. The van der Waals surface area contributed by atoms with Gasteiger partial charge in [-0.3, -0.25) is 14.9 Å². The van der Waals surface area contributed by atoms with Crippen molar-refractivity contribution in [1.82, 2.24) is 14.5 Å². The molecule has 0 unspecified atom stereocenters. The molecule has 0 aliphatic rings. The number of imidazole rings is 1. The highest BCUT2D eigenvalue weighted by molar-refractivity contribution is 6.48. The van der Waals surface area contributed by atoms with Gasteiger partial charge in [0.25, 0.3) is 11.7 Å². The zero-order valence-corrected chi connectivity index (χ0v) is 16.2. The summed E-state index contributed by atoms with van der Waals surface area (Å²) in [6.45, 7) is 0.521.